The summed E-state index contributed by atoms with van der Waals surface area (Å²) in [5.74, 6) is 0. The molecule has 1 radical (unpaired) electrons. The van der Waals surface area contributed by atoms with Crippen LogP contribution in [0, 0.1) is 0 Å². The summed E-state index contributed by atoms with van der Waals surface area (Å²) in [6.45, 7) is -0.311. The van der Waals surface area contributed by atoms with E-state index in [4.69, 9.17) is 0 Å². The summed E-state index contributed by atoms with van der Waals surface area (Å²) in [7, 11) is 0. The van der Waals surface area contributed by atoms with Crippen molar-refractivity contribution in [2.45, 2.75) is 26.2 Å². The van der Waals surface area contributed by atoms with Gasteiger partial charge in [0.2, 0.25) is 0 Å². The Labute approximate surface area is 93.2 Å². The fourth-order valence-corrected chi connectivity index (χ4v) is 1.92. The highest BCUT2D eigenvalue weighted by Crippen LogP contribution is 2.33. The number of rotatable bonds is 1. The Morgan fingerprint density at radius 3 is 2.08 bits per heavy atom. The molecule has 0 N–H and O–H groups in total. The molecule has 12 heavy (non-hydrogen) atoms. The molecule has 0 atom stereocenters. The summed E-state index contributed by atoms with van der Waals surface area (Å²) in [4.78, 5) is 2.52. The van der Waals surface area contributed by atoms with E-state index in [1.807, 2.05) is 0 Å². The van der Waals surface area contributed by atoms with E-state index >= 15 is 0 Å². The average Bonchev–Trinajstić information content (AvgIpc) is 2.08. The Hall–Kier alpha value is 0.580. The lowest BCUT2D eigenvalue weighted by atomic mass is 10.2. The molecular formula is C7H7OS4. The van der Waals surface area contributed by atoms with E-state index in [2.05, 4.69) is 50.5 Å². The van der Waals surface area contributed by atoms with Crippen molar-refractivity contribution in [2.24, 2.45) is 0 Å². The van der Waals surface area contributed by atoms with Gasteiger partial charge in [-0.25, -0.2) is 5.11 Å². The van der Waals surface area contributed by atoms with Crippen LogP contribution < -0.4 is 0 Å². The fourth-order valence-electron chi connectivity index (χ4n) is 0.797. The first-order valence-corrected chi connectivity index (χ1v) is 4.90. The van der Waals surface area contributed by atoms with Crippen LogP contribution in [0.25, 0.3) is 0 Å². The van der Waals surface area contributed by atoms with E-state index in [0.717, 1.165) is 0 Å². The van der Waals surface area contributed by atoms with Gasteiger partial charge in [-0.05, 0) is 11.6 Å². The third-order valence-electron chi connectivity index (χ3n) is 1.46. The largest absolute Gasteiger partial charge is 0.232 e. The Kier molecular flexibility index (Phi) is 3.73. The lowest BCUT2D eigenvalue weighted by Crippen LogP contribution is -1.88. The van der Waals surface area contributed by atoms with E-state index < -0.39 is 0 Å². The van der Waals surface area contributed by atoms with Gasteiger partial charge < -0.3 is 0 Å². The average molecular weight is 235 g/mol. The van der Waals surface area contributed by atoms with E-state index in [0.29, 0.717) is 25.1 Å². The molecule has 0 fully saturated rings. The monoisotopic (exact) mass is 235 g/mol. The molecular weight excluding hydrogens is 228 g/mol. The molecule has 1 nitrogen and oxygen atoms in total. The van der Waals surface area contributed by atoms with E-state index in [9.17, 15) is 5.11 Å². The maximum Gasteiger partial charge on any atom is 0.108 e. The van der Waals surface area contributed by atoms with Gasteiger partial charge in [0, 0.05) is 19.6 Å². The van der Waals surface area contributed by atoms with Crippen LogP contribution in [0.15, 0.2) is 25.6 Å². The zero-order valence-corrected chi connectivity index (χ0v) is 9.56. The highest BCUT2D eigenvalue weighted by atomic mass is 32.1. The minimum absolute atomic E-state index is 0.311. The van der Waals surface area contributed by atoms with Gasteiger partial charge in [0.05, 0.1) is 0 Å². The second-order valence-corrected chi connectivity index (χ2v) is 4.07. The highest BCUT2D eigenvalue weighted by Gasteiger charge is 2.08. The Morgan fingerprint density at radius 2 is 1.58 bits per heavy atom. The minimum atomic E-state index is -0.311. The SMILES string of the molecule is [O]Cc1cc(S)c(S)c(S)c1S. The summed E-state index contributed by atoms with van der Waals surface area (Å²) >= 11 is 16.6. The van der Waals surface area contributed by atoms with E-state index in [-0.39, 0.29) is 6.61 Å². The maximum absolute atomic E-state index is 10.6. The van der Waals surface area contributed by atoms with Crippen molar-refractivity contribution in [3.8, 4) is 0 Å². The molecule has 65 valence electrons. The van der Waals surface area contributed by atoms with Crippen molar-refractivity contribution in [3.05, 3.63) is 11.6 Å². The van der Waals surface area contributed by atoms with Crippen LogP contribution >= 0.6 is 50.5 Å². The molecule has 0 bridgehead atoms. The molecule has 0 unspecified atom stereocenters. The van der Waals surface area contributed by atoms with Crippen molar-refractivity contribution in [1.29, 1.82) is 0 Å². The van der Waals surface area contributed by atoms with Crippen molar-refractivity contribution in [3.63, 3.8) is 0 Å². The molecule has 0 saturated heterocycles. The Bertz CT molecular complexity index is 311. The van der Waals surface area contributed by atoms with Gasteiger partial charge in [-0.2, -0.15) is 0 Å². The maximum atomic E-state index is 10.6. The normalized spacial score (nSPS) is 10.4. The minimum Gasteiger partial charge on any atom is -0.232 e. The van der Waals surface area contributed by atoms with E-state index in [1.54, 1.807) is 6.07 Å². The molecule has 0 saturated carbocycles. The molecule has 0 aliphatic heterocycles. The summed E-state index contributed by atoms with van der Waals surface area (Å²) in [5.41, 5.74) is 0.603. The van der Waals surface area contributed by atoms with Crippen molar-refractivity contribution < 1.29 is 5.11 Å². The standard InChI is InChI=1S/C7H7OS4/c8-2-3-1-4(9)6(11)7(12)5(3)10/h1,9-12H,2H2. The van der Waals surface area contributed by atoms with Crippen LogP contribution in [0.2, 0.25) is 0 Å². The molecule has 0 aliphatic rings. The van der Waals surface area contributed by atoms with Crippen LogP contribution in [-0.4, -0.2) is 0 Å². The summed E-state index contributed by atoms with van der Waals surface area (Å²) in [5, 5.41) is 10.6. The lowest BCUT2D eigenvalue weighted by Gasteiger charge is -2.08. The molecule has 1 aromatic carbocycles. The molecule has 0 aromatic heterocycles. The van der Waals surface area contributed by atoms with Crippen LogP contribution in [0.5, 0.6) is 0 Å². The summed E-state index contributed by atoms with van der Waals surface area (Å²) in [6.07, 6.45) is 0. The number of hydrogen-bond acceptors (Lipinski definition) is 4. The molecule has 0 heterocycles. The van der Waals surface area contributed by atoms with Crippen LogP contribution in [0.3, 0.4) is 0 Å². The van der Waals surface area contributed by atoms with Gasteiger partial charge in [0.15, 0.2) is 0 Å². The van der Waals surface area contributed by atoms with Gasteiger partial charge >= 0.3 is 0 Å². The Balaban J connectivity index is 3.39. The van der Waals surface area contributed by atoms with Gasteiger partial charge in [-0.15, -0.1) is 50.5 Å². The first-order valence-electron chi connectivity index (χ1n) is 3.11. The molecule has 0 amide bonds. The van der Waals surface area contributed by atoms with Gasteiger partial charge in [0.1, 0.15) is 6.61 Å². The zero-order chi connectivity index (χ0) is 9.30. The number of hydrogen-bond donors (Lipinski definition) is 4. The second kappa shape index (κ2) is 4.19. The van der Waals surface area contributed by atoms with Gasteiger partial charge in [-0.3, -0.25) is 0 Å². The molecule has 0 aliphatic carbocycles. The van der Waals surface area contributed by atoms with Crippen molar-refractivity contribution in [1.82, 2.24) is 0 Å². The lowest BCUT2D eigenvalue weighted by molar-refractivity contribution is 0.174. The van der Waals surface area contributed by atoms with Crippen LogP contribution in [0.1, 0.15) is 5.56 Å². The highest BCUT2D eigenvalue weighted by molar-refractivity contribution is 7.86. The van der Waals surface area contributed by atoms with Crippen LogP contribution in [-0.2, 0) is 11.7 Å². The predicted molar refractivity (Wildman–Crippen MR) is 59.8 cm³/mol. The number of thiol groups is 4. The Morgan fingerprint density at radius 1 is 1.00 bits per heavy atom. The third-order valence-corrected chi connectivity index (χ3v) is 3.77. The summed E-state index contributed by atoms with van der Waals surface area (Å²) < 4.78 is 0. The number of benzene rings is 1. The molecule has 0 spiro atoms. The predicted octanol–water partition coefficient (Wildman–Crippen LogP) is 2.77. The molecule has 1 aromatic rings. The summed E-state index contributed by atoms with van der Waals surface area (Å²) in [6, 6.07) is 1.67. The van der Waals surface area contributed by atoms with Crippen molar-refractivity contribution in [2.75, 3.05) is 0 Å². The first kappa shape index (κ1) is 10.7. The topological polar surface area (TPSA) is 19.9 Å². The fraction of sp³-hybridized carbons (Fsp3) is 0.143. The smallest absolute Gasteiger partial charge is 0.108 e. The van der Waals surface area contributed by atoms with Crippen molar-refractivity contribution >= 4 is 50.5 Å². The second-order valence-electron chi connectivity index (χ2n) is 2.24. The molecule has 5 heteroatoms. The zero-order valence-electron chi connectivity index (χ0n) is 5.98. The molecule has 1 rings (SSSR count). The van der Waals surface area contributed by atoms with Crippen LogP contribution in [0.4, 0.5) is 0 Å². The van der Waals surface area contributed by atoms with Gasteiger partial charge in [0.25, 0.3) is 0 Å². The quantitative estimate of drug-likeness (QED) is 0.537. The van der Waals surface area contributed by atoms with E-state index in [1.165, 1.54) is 0 Å². The third kappa shape index (κ3) is 1.90. The van der Waals surface area contributed by atoms with Gasteiger partial charge in [-0.1, -0.05) is 0 Å². The first-order chi connectivity index (χ1) is 5.57.